The Bertz CT molecular complexity index is 696. The summed E-state index contributed by atoms with van der Waals surface area (Å²) in [6.07, 6.45) is 3.38. The van der Waals surface area contributed by atoms with Crippen molar-refractivity contribution in [2.45, 2.75) is 6.54 Å². The zero-order valence-corrected chi connectivity index (χ0v) is 13.2. The van der Waals surface area contributed by atoms with Crippen molar-refractivity contribution in [2.24, 2.45) is 7.05 Å². The molecule has 22 heavy (non-hydrogen) atoms. The highest BCUT2D eigenvalue weighted by atomic mass is 35.5. The number of nitrogens with zero attached hydrogens (tertiary/aromatic N) is 6. The van der Waals surface area contributed by atoms with Gasteiger partial charge in [-0.15, -0.1) is 0 Å². The van der Waals surface area contributed by atoms with Gasteiger partial charge in [0.05, 0.1) is 24.4 Å². The number of halogens is 1. The first-order valence-corrected chi connectivity index (χ1v) is 7.54. The van der Waals surface area contributed by atoms with Crippen molar-refractivity contribution in [3.8, 4) is 6.07 Å². The summed E-state index contributed by atoms with van der Waals surface area (Å²) in [6, 6.07) is 5.72. The topological polar surface area (TPSA) is 61.0 Å². The zero-order valence-electron chi connectivity index (χ0n) is 12.4. The third kappa shape index (κ3) is 3.06. The standard InChI is InChI=1S/C15H17ClN6/c1-20-13(16)10-19-15(20)11-21-4-6-22(7-5-21)14-8-12(9-17)2-3-18-14/h2-3,8,10H,4-7,11H2,1H3. The van der Waals surface area contributed by atoms with Crippen LogP contribution in [-0.4, -0.2) is 45.6 Å². The minimum atomic E-state index is 0.648. The average molecular weight is 317 g/mol. The van der Waals surface area contributed by atoms with Crippen LogP contribution in [-0.2, 0) is 13.6 Å². The fourth-order valence-corrected chi connectivity index (χ4v) is 2.71. The Morgan fingerprint density at radius 3 is 2.68 bits per heavy atom. The van der Waals surface area contributed by atoms with Crippen molar-refractivity contribution < 1.29 is 0 Å². The molecule has 0 spiro atoms. The minimum absolute atomic E-state index is 0.648. The highest BCUT2D eigenvalue weighted by molar-refractivity contribution is 6.29. The number of imidazole rings is 1. The van der Waals surface area contributed by atoms with E-state index in [2.05, 4.69) is 25.8 Å². The van der Waals surface area contributed by atoms with Gasteiger partial charge >= 0.3 is 0 Å². The average Bonchev–Trinajstić information content (AvgIpc) is 2.88. The van der Waals surface area contributed by atoms with E-state index in [0.29, 0.717) is 10.7 Å². The molecule has 0 radical (unpaired) electrons. The van der Waals surface area contributed by atoms with E-state index in [9.17, 15) is 0 Å². The predicted octanol–water partition coefficient (Wildman–Crippen LogP) is 1.66. The van der Waals surface area contributed by atoms with Crippen LogP contribution in [0, 0.1) is 11.3 Å². The van der Waals surface area contributed by atoms with Crippen molar-refractivity contribution in [1.29, 1.82) is 5.26 Å². The van der Waals surface area contributed by atoms with Crippen LogP contribution in [0.3, 0.4) is 0 Å². The summed E-state index contributed by atoms with van der Waals surface area (Å²) in [5.74, 6) is 1.85. The van der Waals surface area contributed by atoms with Gasteiger partial charge in [0, 0.05) is 39.4 Å². The largest absolute Gasteiger partial charge is 0.354 e. The molecule has 2 aromatic heterocycles. The molecule has 114 valence electrons. The molecule has 6 nitrogen and oxygen atoms in total. The van der Waals surface area contributed by atoms with E-state index in [4.69, 9.17) is 16.9 Å². The second kappa shape index (κ2) is 6.34. The fraction of sp³-hybridized carbons (Fsp3) is 0.400. The first kappa shape index (κ1) is 14.8. The molecule has 3 heterocycles. The third-order valence-corrected chi connectivity index (χ3v) is 4.31. The quantitative estimate of drug-likeness (QED) is 0.862. The zero-order chi connectivity index (χ0) is 15.5. The van der Waals surface area contributed by atoms with Crippen LogP contribution >= 0.6 is 11.6 Å². The van der Waals surface area contributed by atoms with E-state index in [1.165, 1.54) is 0 Å². The van der Waals surface area contributed by atoms with Gasteiger partial charge < -0.3 is 9.47 Å². The van der Waals surface area contributed by atoms with Crippen LogP contribution in [0.1, 0.15) is 11.4 Å². The number of aromatic nitrogens is 3. The monoisotopic (exact) mass is 316 g/mol. The Kier molecular flexibility index (Phi) is 4.27. The summed E-state index contributed by atoms with van der Waals surface area (Å²) in [4.78, 5) is 13.3. The maximum absolute atomic E-state index is 8.97. The van der Waals surface area contributed by atoms with Gasteiger partial charge in [-0.2, -0.15) is 5.26 Å². The Labute approximate surface area is 134 Å². The van der Waals surface area contributed by atoms with E-state index in [-0.39, 0.29) is 0 Å². The lowest BCUT2D eigenvalue weighted by Gasteiger charge is -2.35. The molecule has 1 saturated heterocycles. The summed E-state index contributed by atoms with van der Waals surface area (Å²) in [6.45, 7) is 4.44. The molecule has 0 bridgehead atoms. The molecule has 0 saturated carbocycles. The highest BCUT2D eigenvalue weighted by Gasteiger charge is 2.19. The molecule has 0 aromatic carbocycles. The molecule has 0 N–H and O–H groups in total. The van der Waals surface area contributed by atoms with Gasteiger partial charge in [-0.1, -0.05) is 11.6 Å². The smallest absolute Gasteiger partial charge is 0.129 e. The fourth-order valence-electron chi connectivity index (χ4n) is 2.57. The van der Waals surface area contributed by atoms with Gasteiger partial charge in [-0.3, -0.25) is 4.90 Å². The number of pyridine rings is 1. The number of anilines is 1. The van der Waals surface area contributed by atoms with Crippen molar-refractivity contribution in [3.63, 3.8) is 0 Å². The van der Waals surface area contributed by atoms with E-state index in [1.54, 1.807) is 18.5 Å². The lowest BCUT2D eigenvalue weighted by molar-refractivity contribution is 0.241. The van der Waals surface area contributed by atoms with Crippen molar-refractivity contribution in [1.82, 2.24) is 19.4 Å². The van der Waals surface area contributed by atoms with E-state index < -0.39 is 0 Å². The molecule has 2 aromatic rings. The van der Waals surface area contributed by atoms with Gasteiger partial charge in [0.2, 0.25) is 0 Å². The summed E-state index contributed by atoms with van der Waals surface area (Å²) in [5.41, 5.74) is 0.648. The molecule has 7 heteroatoms. The van der Waals surface area contributed by atoms with Gasteiger partial charge in [-0.05, 0) is 12.1 Å². The maximum atomic E-state index is 8.97. The van der Waals surface area contributed by atoms with Gasteiger partial charge in [0.15, 0.2) is 0 Å². The molecule has 0 unspecified atom stereocenters. The first-order chi connectivity index (χ1) is 10.7. The molecule has 1 fully saturated rings. The SMILES string of the molecule is Cn1c(Cl)cnc1CN1CCN(c2cc(C#N)ccn2)CC1. The molecule has 0 atom stereocenters. The number of piperazine rings is 1. The summed E-state index contributed by atoms with van der Waals surface area (Å²) in [7, 11) is 1.93. The first-order valence-electron chi connectivity index (χ1n) is 7.17. The number of rotatable bonds is 3. The maximum Gasteiger partial charge on any atom is 0.129 e. The normalized spacial score (nSPS) is 15.8. The summed E-state index contributed by atoms with van der Waals surface area (Å²) >= 11 is 6.02. The Morgan fingerprint density at radius 1 is 1.27 bits per heavy atom. The molecular formula is C15H17ClN6. The van der Waals surface area contributed by atoms with Crippen LogP contribution in [0.25, 0.3) is 0 Å². The number of hydrogen-bond donors (Lipinski definition) is 0. The van der Waals surface area contributed by atoms with Crippen molar-refractivity contribution in [2.75, 3.05) is 31.1 Å². The van der Waals surface area contributed by atoms with Crippen molar-refractivity contribution in [3.05, 3.63) is 41.1 Å². The molecular weight excluding hydrogens is 300 g/mol. The summed E-state index contributed by atoms with van der Waals surface area (Å²) < 4.78 is 1.91. The van der Waals surface area contributed by atoms with Crippen LogP contribution in [0.5, 0.6) is 0 Å². The Hall–Kier alpha value is -2.10. The van der Waals surface area contributed by atoms with E-state index in [0.717, 1.165) is 44.4 Å². The molecule has 0 aliphatic carbocycles. The molecule has 0 amide bonds. The second-order valence-corrected chi connectivity index (χ2v) is 5.72. The predicted molar refractivity (Wildman–Crippen MR) is 84.7 cm³/mol. The lowest BCUT2D eigenvalue weighted by Crippen LogP contribution is -2.46. The lowest BCUT2D eigenvalue weighted by atomic mass is 10.2. The minimum Gasteiger partial charge on any atom is -0.354 e. The number of nitriles is 1. The van der Waals surface area contributed by atoms with Crippen LogP contribution in [0.15, 0.2) is 24.5 Å². The Balaban J connectivity index is 1.60. The molecule has 3 rings (SSSR count). The van der Waals surface area contributed by atoms with E-state index in [1.807, 2.05) is 17.7 Å². The van der Waals surface area contributed by atoms with Gasteiger partial charge in [0.25, 0.3) is 0 Å². The number of hydrogen-bond acceptors (Lipinski definition) is 5. The third-order valence-electron chi connectivity index (χ3n) is 3.96. The van der Waals surface area contributed by atoms with Crippen LogP contribution in [0.2, 0.25) is 5.15 Å². The molecule has 1 aliphatic rings. The van der Waals surface area contributed by atoms with Gasteiger partial charge in [0.1, 0.15) is 16.8 Å². The summed E-state index contributed by atoms with van der Waals surface area (Å²) in [5, 5.41) is 9.63. The van der Waals surface area contributed by atoms with Crippen molar-refractivity contribution >= 4 is 17.4 Å². The van der Waals surface area contributed by atoms with Gasteiger partial charge in [-0.25, -0.2) is 9.97 Å². The van der Waals surface area contributed by atoms with Crippen LogP contribution < -0.4 is 4.90 Å². The van der Waals surface area contributed by atoms with Crippen LogP contribution in [0.4, 0.5) is 5.82 Å². The Morgan fingerprint density at radius 2 is 2.05 bits per heavy atom. The second-order valence-electron chi connectivity index (χ2n) is 5.33. The molecule has 1 aliphatic heterocycles. The highest BCUT2D eigenvalue weighted by Crippen LogP contribution is 2.16. The van der Waals surface area contributed by atoms with E-state index >= 15 is 0 Å².